The Labute approximate surface area is 299 Å². The molecule has 4 saturated heterocycles. The van der Waals surface area contributed by atoms with Crippen LogP contribution in [0.2, 0.25) is 0 Å². The van der Waals surface area contributed by atoms with Gasteiger partial charge in [0.1, 0.15) is 36.4 Å². The van der Waals surface area contributed by atoms with Gasteiger partial charge in [-0.2, -0.15) is 5.06 Å². The summed E-state index contributed by atoms with van der Waals surface area (Å²) in [6.07, 6.45) is 6.65. The van der Waals surface area contributed by atoms with Crippen molar-refractivity contribution >= 4 is 29.9 Å². The molecular weight excluding hydrogens is 660 g/mol. The minimum absolute atomic E-state index is 0.0272. The summed E-state index contributed by atoms with van der Waals surface area (Å²) in [5.74, 6) is -3.07. The third-order valence-corrected chi connectivity index (χ3v) is 10.8. The van der Waals surface area contributed by atoms with Crippen LogP contribution in [-0.4, -0.2) is 96.1 Å². The highest BCUT2D eigenvalue weighted by Crippen LogP contribution is 2.58. The first-order chi connectivity index (χ1) is 24.5. The average Bonchev–Trinajstić information content (AvgIpc) is 3.74. The number of nitrogens with zero attached hydrogens (tertiary/aromatic N) is 1. The van der Waals surface area contributed by atoms with Gasteiger partial charge in [-0.3, -0.25) is 14.4 Å². The molecule has 13 nitrogen and oxygen atoms in total. The molecule has 0 aromatic heterocycles. The van der Waals surface area contributed by atoms with Crippen molar-refractivity contribution in [2.45, 2.75) is 134 Å². The lowest BCUT2D eigenvalue weighted by molar-refractivity contribution is -0.224. The monoisotopic (exact) mass is 712 g/mol. The SMILES string of the molecule is CCCCCC1(CCCCC)O[C@@H]2[C@H](O1)[C@H]1ON(Cc3cccc(C=CC(=O)O[C@H]4C(=O)OCC4(C)C)c3)[C@@H]3C(=O)O[C@@H]2C[C@]13C(=O)NCCO. The Hall–Kier alpha value is -3.36. The predicted molar refractivity (Wildman–Crippen MR) is 182 cm³/mol. The number of esters is 3. The van der Waals surface area contributed by atoms with Crippen LogP contribution in [0.25, 0.3) is 6.08 Å². The van der Waals surface area contributed by atoms with E-state index in [0.717, 1.165) is 44.1 Å². The number of fused-ring (bicyclic) bond motifs is 4. The van der Waals surface area contributed by atoms with E-state index in [-0.39, 0.29) is 32.7 Å². The molecule has 7 atom stereocenters. The number of hydroxylamine groups is 2. The number of hydrogen-bond donors (Lipinski definition) is 2. The molecule has 0 spiro atoms. The van der Waals surface area contributed by atoms with Gasteiger partial charge in [-0.05, 0) is 30.0 Å². The van der Waals surface area contributed by atoms with Crippen LogP contribution >= 0.6 is 0 Å². The van der Waals surface area contributed by atoms with E-state index in [2.05, 4.69) is 19.2 Å². The average molecular weight is 713 g/mol. The van der Waals surface area contributed by atoms with Crippen LogP contribution in [0.4, 0.5) is 0 Å². The molecule has 5 aliphatic rings. The number of aliphatic hydroxyl groups excluding tert-OH is 1. The maximum atomic E-state index is 14.1. The van der Waals surface area contributed by atoms with Gasteiger partial charge in [0.15, 0.2) is 11.8 Å². The van der Waals surface area contributed by atoms with Gasteiger partial charge in [-0.15, -0.1) is 0 Å². The minimum Gasteiger partial charge on any atom is -0.462 e. The maximum absolute atomic E-state index is 14.1. The highest BCUT2D eigenvalue weighted by atomic mass is 16.8. The molecule has 1 aliphatic carbocycles. The predicted octanol–water partition coefficient (Wildman–Crippen LogP) is 3.74. The molecular formula is C38H52N2O11. The van der Waals surface area contributed by atoms with Crippen molar-refractivity contribution in [3.8, 4) is 0 Å². The molecule has 5 fully saturated rings. The first-order valence-electron chi connectivity index (χ1n) is 18.5. The Morgan fingerprint density at radius 1 is 1.04 bits per heavy atom. The Morgan fingerprint density at radius 2 is 1.76 bits per heavy atom. The third-order valence-electron chi connectivity index (χ3n) is 10.8. The fraction of sp³-hybridized carbons (Fsp3) is 0.684. The van der Waals surface area contributed by atoms with Crippen molar-refractivity contribution in [1.82, 2.24) is 10.4 Å². The van der Waals surface area contributed by atoms with E-state index < -0.39 is 77.0 Å². The zero-order valence-corrected chi connectivity index (χ0v) is 30.1. The first-order valence-corrected chi connectivity index (χ1v) is 18.5. The molecule has 1 aromatic rings. The lowest BCUT2D eigenvalue weighted by Crippen LogP contribution is -2.69. The first kappa shape index (κ1) is 37.4. The van der Waals surface area contributed by atoms with Crippen molar-refractivity contribution in [3.63, 3.8) is 0 Å². The molecule has 4 aliphatic heterocycles. The van der Waals surface area contributed by atoms with E-state index in [1.807, 2.05) is 18.2 Å². The van der Waals surface area contributed by atoms with Gasteiger partial charge in [0.2, 0.25) is 12.0 Å². The number of nitrogens with one attached hydrogen (secondary N) is 1. The number of benzene rings is 1. The highest BCUT2D eigenvalue weighted by Gasteiger charge is 2.76. The van der Waals surface area contributed by atoms with Crippen molar-refractivity contribution in [2.75, 3.05) is 19.8 Å². The molecule has 1 saturated carbocycles. The number of amides is 1. The van der Waals surface area contributed by atoms with Crippen LogP contribution in [0, 0.1) is 10.8 Å². The quantitative estimate of drug-likeness (QED) is 0.111. The largest absolute Gasteiger partial charge is 0.462 e. The molecule has 280 valence electrons. The standard InChI is InChI=1S/C38H52N2O11/c1-5-7-9-16-37(17-10-8-6-2)49-28-26-21-38(35(45)39-18-19-41)30(33(43)47-26)40(51-31(38)29(28)50-37)22-25-13-11-12-24(20-25)14-15-27(42)48-32-34(44)46-23-36(32,3)4/h11-15,20,26,28-32,41H,5-10,16-19,21-23H2,1-4H3,(H,39,45)/t26-,28+,29+,30-,31-,32+,38-/m1/s1. The summed E-state index contributed by atoms with van der Waals surface area (Å²) >= 11 is 0. The van der Waals surface area contributed by atoms with Crippen LogP contribution in [0.5, 0.6) is 0 Å². The number of aliphatic hydroxyl groups is 1. The van der Waals surface area contributed by atoms with E-state index >= 15 is 0 Å². The van der Waals surface area contributed by atoms with Crippen molar-refractivity contribution < 1.29 is 52.8 Å². The van der Waals surface area contributed by atoms with E-state index in [4.69, 9.17) is 28.5 Å². The second-order valence-corrected chi connectivity index (χ2v) is 15.2. The lowest BCUT2D eigenvalue weighted by Gasteiger charge is -2.48. The Bertz CT molecular complexity index is 1490. The fourth-order valence-corrected chi connectivity index (χ4v) is 8.26. The number of unbranched alkanes of at least 4 members (excludes halogenated alkanes) is 4. The highest BCUT2D eigenvalue weighted by molar-refractivity contribution is 5.93. The van der Waals surface area contributed by atoms with Gasteiger partial charge < -0.3 is 34.1 Å². The number of carbonyl (C=O) groups is 4. The van der Waals surface area contributed by atoms with Gasteiger partial charge in [0.25, 0.3) is 0 Å². The number of carbonyl (C=O) groups excluding carboxylic acids is 4. The Morgan fingerprint density at radius 3 is 2.43 bits per heavy atom. The molecule has 13 heteroatoms. The molecule has 2 N–H and O–H groups in total. The number of cyclic esters (lactones) is 1. The van der Waals surface area contributed by atoms with Crippen LogP contribution in [-0.2, 0) is 54.2 Å². The minimum atomic E-state index is -1.33. The summed E-state index contributed by atoms with van der Waals surface area (Å²) in [7, 11) is 0. The van der Waals surface area contributed by atoms with Crippen molar-refractivity contribution in [3.05, 3.63) is 41.5 Å². The summed E-state index contributed by atoms with van der Waals surface area (Å²) in [5.41, 5.74) is -0.535. The lowest BCUT2D eigenvalue weighted by atomic mass is 9.62. The van der Waals surface area contributed by atoms with E-state index in [1.165, 1.54) is 11.1 Å². The van der Waals surface area contributed by atoms with E-state index in [0.29, 0.717) is 18.4 Å². The number of rotatable bonds is 16. The topological polar surface area (TPSA) is 159 Å². The van der Waals surface area contributed by atoms with Crippen LogP contribution in [0.3, 0.4) is 0 Å². The second kappa shape index (κ2) is 15.3. The molecule has 6 rings (SSSR count). The summed E-state index contributed by atoms with van der Waals surface area (Å²) in [5, 5.41) is 13.9. The zero-order chi connectivity index (χ0) is 36.4. The molecule has 1 aromatic carbocycles. The van der Waals surface area contributed by atoms with Crippen molar-refractivity contribution in [2.24, 2.45) is 10.8 Å². The molecule has 2 bridgehead atoms. The van der Waals surface area contributed by atoms with Gasteiger partial charge in [0, 0.05) is 37.3 Å². The molecule has 51 heavy (non-hydrogen) atoms. The van der Waals surface area contributed by atoms with E-state index in [9.17, 15) is 24.3 Å². The third kappa shape index (κ3) is 7.33. The summed E-state index contributed by atoms with van der Waals surface area (Å²) in [4.78, 5) is 59.4. The molecule has 0 unspecified atom stereocenters. The summed E-state index contributed by atoms with van der Waals surface area (Å²) in [6, 6.07) is 6.24. The van der Waals surface area contributed by atoms with Gasteiger partial charge in [0.05, 0.1) is 13.2 Å². The zero-order valence-electron chi connectivity index (χ0n) is 30.1. The summed E-state index contributed by atoms with van der Waals surface area (Å²) < 4.78 is 30.2. The number of hydrogen-bond acceptors (Lipinski definition) is 12. The smallest absolute Gasteiger partial charge is 0.348 e. The van der Waals surface area contributed by atoms with Crippen LogP contribution in [0.15, 0.2) is 30.3 Å². The van der Waals surface area contributed by atoms with Crippen LogP contribution < -0.4 is 5.32 Å². The molecule has 1 amide bonds. The van der Waals surface area contributed by atoms with E-state index in [1.54, 1.807) is 26.0 Å². The van der Waals surface area contributed by atoms with Crippen molar-refractivity contribution in [1.29, 1.82) is 0 Å². The number of ether oxygens (including phenoxy) is 5. The Balaban J connectivity index is 1.25. The van der Waals surface area contributed by atoms with Gasteiger partial charge >= 0.3 is 17.9 Å². The van der Waals surface area contributed by atoms with Crippen LogP contribution in [0.1, 0.15) is 96.6 Å². The molecule has 4 heterocycles. The van der Waals surface area contributed by atoms with Gasteiger partial charge in [-0.25, -0.2) is 9.59 Å². The Kier molecular flexibility index (Phi) is 11.2. The summed E-state index contributed by atoms with van der Waals surface area (Å²) in [6.45, 7) is 7.96. The molecule has 0 radical (unpaired) electrons. The second-order valence-electron chi connectivity index (χ2n) is 15.2. The maximum Gasteiger partial charge on any atom is 0.348 e. The fourth-order valence-electron chi connectivity index (χ4n) is 8.26. The van der Waals surface area contributed by atoms with Gasteiger partial charge in [-0.1, -0.05) is 77.6 Å². The normalized spacial score (nSPS) is 31.7.